The first kappa shape index (κ1) is 13.4. The van der Waals surface area contributed by atoms with Gasteiger partial charge in [0.25, 0.3) is 0 Å². The van der Waals surface area contributed by atoms with Crippen molar-refractivity contribution < 1.29 is 9.53 Å². The molecule has 2 aromatic rings. The van der Waals surface area contributed by atoms with Crippen LogP contribution in [0.4, 0.5) is 0 Å². The molecule has 0 aromatic heterocycles. The molecule has 0 radical (unpaired) electrons. The van der Waals surface area contributed by atoms with Gasteiger partial charge in [-0.3, -0.25) is 0 Å². The molecule has 0 heterocycles. The van der Waals surface area contributed by atoms with Gasteiger partial charge in [0.1, 0.15) is 9.33 Å². The lowest BCUT2D eigenvalue weighted by Gasteiger charge is -2.07. The lowest BCUT2D eigenvalue weighted by atomic mass is 10.1. The zero-order valence-corrected chi connectivity index (χ0v) is 12.7. The number of rotatable bonds is 3. The molecule has 0 aliphatic carbocycles. The molecular weight excluding hydrogens is 359 g/mol. The number of esters is 1. The molecule has 0 aliphatic rings. The Balaban J connectivity index is 2.32. The lowest BCUT2D eigenvalue weighted by molar-refractivity contribution is -0.129. The molecule has 18 heavy (non-hydrogen) atoms. The Morgan fingerprint density at radius 3 is 2.72 bits per heavy atom. The van der Waals surface area contributed by atoms with Gasteiger partial charge >= 0.3 is 5.97 Å². The third kappa shape index (κ3) is 3.05. The molecule has 0 unspecified atom stereocenters. The molecule has 4 heteroatoms. The summed E-state index contributed by atoms with van der Waals surface area (Å²) in [5.74, 6) is 0.281. The topological polar surface area (TPSA) is 26.3 Å². The van der Waals surface area contributed by atoms with Gasteiger partial charge in [-0.2, -0.15) is 0 Å². The van der Waals surface area contributed by atoms with Gasteiger partial charge in [-0.25, -0.2) is 4.79 Å². The Bertz CT molecular complexity index is 602. The molecule has 0 bridgehead atoms. The van der Waals surface area contributed by atoms with Crippen molar-refractivity contribution in [3.05, 3.63) is 51.5 Å². The van der Waals surface area contributed by atoms with Crippen LogP contribution in [0.3, 0.4) is 0 Å². The molecule has 0 aliphatic heterocycles. The molecule has 92 valence electrons. The van der Waals surface area contributed by atoms with Crippen molar-refractivity contribution in [3.8, 4) is 5.75 Å². The van der Waals surface area contributed by atoms with Gasteiger partial charge in [0.15, 0.2) is 0 Å². The van der Waals surface area contributed by atoms with Gasteiger partial charge < -0.3 is 4.74 Å². The van der Waals surface area contributed by atoms with Gasteiger partial charge in [0, 0.05) is 5.39 Å². The number of hydrogen-bond donors (Lipinski definition) is 0. The number of thioether (sulfide) groups is 1. The van der Waals surface area contributed by atoms with Crippen LogP contribution in [0.5, 0.6) is 5.75 Å². The van der Waals surface area contributed by atoms with Crippen LogP contribution in [0.25, 0.3) is 10.8 Å². The average molecular weight is 370 g/mol. The van der Waals surface area contributed by atoms with Gasteiger partial charge in [-0.05, 0) is 45.7 Å². The van der Waals surface area contributed by atoms with E-state index in [2.05, 4.69) is 0 Å². The summed E-state index contributed by atoms with van der Waals surface area (Å²) in [5, 5.41) is 3.78. The van der Waals surface area contributed by atoms with Crippen LogP contribution in [-0.4, -0.2) is 12.2 Å². The minimum absolute atomic E-state index is 0.318. The second kappa shape index (κ2) is 6.24. The molecule has 0 spiro atoms. The van der Waals surface area contributed by atoms with E-state index >= 15 is 0 Å². The Morgan fingerprint density at radius 1 is 1.22 bits per heavy atom. The van der Waals surface area contributed by atoms with Crippen LogP contribution >= 0.6 is 34.4 Å². The quantitative estimate of drug-likeness (QED) is 0.347. The van der Waals surface area contributed by atoms with Crippen LogP contribution < -0.4 is 4.74 Å². The number of hydrogen-bond acceptors (Lipinski definition) is 3. The summed E-state index contributed by atoms with van der Waals surface area (Å²) in [6.07, 6.45) is 1.91. The molecule has 0 fully saturated rings. The molecule has 2 nitrogen and oxygen atoms in total. The lowest BCUT2D eigenvalue weighted by Crippen LogP contribution is -2.07. The van der Waals surface area contributed by atoms with E-state index in [-0.39, 0.29) is 5.97 Å². The van der Waals surface area contributed by atoms with Crippen molar-refractivity contribution in [2.45, 2.75) is 0 Å². The van der Waals surface area contributed by atoms with E-state index in [0.29, 0.717) is 9.33 Å². The van der Waals surface area contributed by atoms with Crippen LogP contribution in [0, 0.1) is 0 Å². The SMILES string of the molecule is CS/C=C(/I)C(=O)Oc1cccc2ccccc12. The van der Waals surface area contributed by atoms with Crippen molar-refractivity contribution in [3.63, 3.8) is 0 Å². The number of benzene rings is 2. The van der Waals surface area contributed by atoms with E-state index in [1.54, 1.807) is 5.41 Å². The van der Waals surface area contributed by atoms with E-state index in [0.717, 1.165) is 10.8 Å². The minimum atomic E-state index is -0.318. The van der Waals surface area contributed by atoms with Gasteiger partial charge in [-0.1, -0.05) is 36.4 Å². The predicted octanol–water partition coefficient (Wildman–Crippen LogP) is 4.38. The van der Waals surface area contributed by atoms with E-state index in [4.69, 9.17) is 4.74 Å². The van der Waals surface area contributed by atoms with Crippen LogP contribution in [-0.2, 0) is 4.79 Å². The van der Waals surface area contributed by atoms with E-state index in [1.165, 1.54) is 11.8 Å². The predicted molar refractivity (Wildman–Crippen MR) is 85.2 cm³/mol. The van der Waals surface area contributed by atoms with Crippen LogP contribution in [0.1, 0.15) is 0 Å². The fourth-order valence-corrected chi connectivity index (χ4v) is 2.76. The summed E-state index contributed by atoms with van der Waals surface area (Å²) >= 11 is 3.47. The summed E-state index contributed by atoms with van der Waals surface area (Å²) in [4.78, 5) is 11.8. The maximum Gasteiger partial charge on any atom is 0.350 e. The maximum absolute atomic E-state index is 11.8. The molecular formula is C14H11IO2S. The molecule has 0 saturated carbocycles. The molecule has 0 saturated heterocycles. The summed E-state index contributed by atoms with van der Waals surface area (Å²) in [6.45, 7) is 0. The second-order valence-electron chi connectivity index (χ2n) is 3.57. The van der Waals surface area contributed by atoms with Crippen molar-refractivity contribution in [2.75, 3.05) is 6.26 Å². The molecule has 2 rings (SSSR count). The number of carbonyl (C=O) groups is 1. The number of halogens is 1. The fraction of sp³-hybridized carbons (Fsp3) is 0.0714. The number of fused-ring (bicyclic) bond motifs is 1. The van der Waals surface area contributed by atoms with Crippen LogP contribution in [0.2, 0.25) is 0 Å². The van der Waals surface area contributed by atoms with Crippen molar-refractivity contribution >= 4 is 51.1 Å². The zero-order chi connectivity index (χ0) is 13.0. The zero-order valence-electron chi connectivity index (χ0n) is 9.72. The van der Waals surface area contributed by atoms with Crippen molar-refractivity contribution in [1.29, 1.82) is 0 Å². The summed E-state index contributed by atoms with van der Waals surface area (Å²) in [5.41, 5.74) is 0. The standard InChI is InChI=1S/C14H11IO2S/c1-18-9-12(15)14(16)17-13-8-4-6-10-5-2-3-7-11(10)13/h2-9H,1H3/b12-9+. The minimum Gasteiger partial charge on any atom is -0.422 e. The van der Waals surface area contributed by atoms with Gasteiger partial charge in [-0.15, -0.1) is 11.8 Å². The molecule has 0 amide bonds. The fourth-order valence-electron chi connectivity index (χ4n) is 1.58. The highest BCUT2D eigenvalue weighted by molar-refractivity contribution is 14.1. The molecule has 0 N–H and O–H groups in total. The van der Waals surface area contributed by atoms with E-state index in [1.807, 2.05) is 71.3 Å². The second-order valence-corrected chi connectivity index (χ2v) is 5.44. The number of ether oxygens (including phenoxy) is 1. The normalized spacial score (nSPS) is 11.6. The highest BCUT2D eigenvalue weighted by Crippen LogP contribution is 2.26. The summed E-state index contributed by atoms with van der Waals surface area (Å²) in [7, 11) is 0. The number of carbonyl (C=O) groups excluding carboxylic acids is 1. The third-order valence-electron chi connectivity index (χ3n) is 2.37. The first-order valence-corrected chi connectivity index (χ1v) is 7.67. The Labute approximate surface area is 124 Å². The third-order valence-corrected chi connectivity index (χ3v) is 4.01. The maximum atomic E-state index is 11.8. The van der Waals surface area contributed by atoms with Gasteiger partial charge in [0.05, 0.1) is 0 Å². The first-order valence-electron chi connectivity index (χ1n) is 5.31. The monoisotopic (exact) mass is 370 g/mol. The highest BCUT2D eigenvalue weighted by atomic mass is 127. The summed E-state index contributed by atoms with van der Waals surface area (Å²) in [6, 6.07) is 13.5. The Morgan fingerprint density at radius 2 is 1.94 bits per heavy atom. The average Bonchev–Trinajstić information content (AvgIpc) is 2.39. The molecule has 2 aromatic carbocycles. The van der Waals surface area contributed by atoms with Gasteiger partial charge in [0.2, 0.25) is 0 Å². The van der Waals surface area contributed by atoms with Crippen molar-refractivity contribution in [1.82, 2.24) is 0 Å². The Kier molecular flexibility index (Phi) is 4.66. The van der Waals surface area contributed by atoms with Crippen molar-refractivity contribution in [2.24, 2.45) is 0 Å². The van der Waals surface area contributed by atoms with E-state index in [9.17, 15) is 4.79 Å². The Hall–Kier alpha value is -1.01. The summed E-state index contributed by atoms with van der Waals surface area (Å²) < 4.78 is 5.99. The largest absolute Gasteiger partial charge is 0.422 e. The molecule has 0 atom stereocenters. The highest BCUT2D eigenvalue weighted by Gasteiger charge is 2.10. The van der Waals surface area contributed by atoms with Crippen LogP contribution in [0.15, 0.2) is 51.5 Å². The smallest absolute Gasteiger partial charge is 0.350 e. The first-order chi connectivity index (χ1) is 8.72. The van der Waals surface area contributed by atoms with E-state index < -0.39 is 0 Å².